The van der Waals surface area contributed by atoms with E-state index < -0.39 is 0 Å². The average Bonchev–Trinajstić information content (AvgIpc) is 3.41. The zero-order valence-electron chi connectivity index (χ0n) is 15.4. The lowest BCUT2D eigenvalue weighted by atomic mass is 9.40. The molecule has 0 amide bonds. The number of hydrogen-bond acceptors (Lipinski definition) is 2. The van der Waals surface area contributed by atoms with Crippen LogP contribution >= 0.6 is 0 Å². The van der Waals surface area contributed by atoms with E-state index in [2.05, 4.69) is 20.8 Å². The maximum Gasteiger partial charge on any atom is 0.142 e. The van der Waals surface area contributed by atoms with Crippen LogP contribution in [0.15, 0.2) is 0 Å². The minimum Gasteiger partial charge on any atom is -0.393 e. The van der Waals surface area contributed by atoms with Gasteiger partial charge in [0.2, 0.25) is 0 Å². The highest BCUT2D eigenvalue weighted by molar-refractivity contribution is 5.92. The van der Waals surface area contributed by atoms with Gasteiger partial charge in [0, 0.05) is 11.3 Å². The van der Waals surface area contributed by atoms with Gasteiger partial charge in [0.15, 0.2) is 0 Å². The zero-order chi connectivity index (χ0) is 16.6. The Morgan fingerprint density at radius 2 is 1.75 bits per heavy atom. The highest BCUT2D eigenvalue weighted by Crippen LogP contribution is 2.81. The summed E-state index contributed by atoms with van der Waals surface area (Å²) in [5, 5.41) is 10.4. The van der Waals surface area contributed by atoms with Crippen molar-refractivity contribution >= 4 is 5.78 Å². The van der Waals surface area contributed by atoms with Crippen molar-refractivity contribution in [1.82, 2.24) is 0 Å². The minimum atomic E-state index is -0.0735. The van der Waals surface area contributed by atoms with Gasteiger partial charge in [-0.3, -0.25) is 4.79 Å². The summed E-state index contributed by atoms with van der Waals surface area (Å²) in [4.78, 5) is 12.9. The maximum absolute atomic E-state index is 12.9. The highest BCUT2D eigenvalue weighted by Gasteiger charge is 2.77. The Morgan fingerprint density at radius 3 is 2.54 bits per heavy atom. The van der Waals surface area contributed by atoms with Crippen LogP contribution in [-0.4, -0.2) is 17.0 Å². The maximum atomic E-state index is 12.9. The second-order valence-corrected chi connectivity index (χ2v) is 11.3. The van der Waals surface area contributed by atoms with Crippen LogP contribution in [0, 0.1) is 57.7 Å². The summed E-state index contributed by atoms with van der Waals surface area (Å²) in [6, 6.07) is 0. The van der Waals surface area contributed by atoms with E-state index >= 15 is 0 Å². The molecule has 0 heterocycles. The van der Waals surface area contributed by atoms with Crippen molar-refractivity contribution in [2.45, 2.75) is 71.8 Å². The Hall–Kier alpha value is -0.370. The SMILES string of the molecule is CC12CCC3C(C4CC4C4(C)CC(O)CCC34C)C1C1CC1C2=O. The molecule has 2 heteroatoms. The van der Waals surface area contributed by atoms with Gasteiger partial charge in [0.1, 0.15) is 5.78 Å². The Balaban J connectivity index is 1.45. The molecule has 132 valence electrons. The van der Waals surface area contributed by atoms with Gasteiger partial charge in [-0.05, 0) is 91.3 Å². The number of ketones is 1. The quantitative estimate of drug-likeness (QED) is 0.728. The van der Waals surface area contributed by atoms with Crippen LogP contribution < -0.4 is 0 Å². The summed E-state index contributed by atoms with van der Waals surface area (Å²) in [7, 11) is 0. The molecule has 0 radical (unpaired) electrons. The van der Waals surface area contributed by atoms with Crippen LogP contribution in [-0.2, 0) is 4.79 Å². The molecule has 0 spiro atoms. The molecule has 6 rings (SSSR count). The topological polar surface area (TPSA) is 37.3 Å². The van der Waals surface area contributed by atoms with E-state index in [1.54, 1.807) is 0 Å². The summed E-state index contributed by atoms with van der Waals surface area (Å²) >= 11 is 0. The molecule has 6 aliphatic rings. The number of aliphatic hydroxyl groups excluding tert-OH is 1. The molecular weight excluding hydrogens is 296 g/mol. The molecule has 2 nitrogen and oxygen atoms in total. The van der Waals surface area contributed by atoms with Gasteiger partial charge in [-0.25, -0.2) is 0 Å². The van der Waals surface area contributed by atoms with Crippen molar-refractivity contribution in [2.75, 3.05) is 0 Å². The van der Waals surface area contributed by atoms with Crippen LogP contribution in [0.3, 0.4) is 0 Å². The standard InChI is InChI=1S/C22H32O2/c1-20-6-5-15-17(18(20)12-8-13(12)19(20)24)14-9-16(14)22(3)10-11(23)4-7-21(15,22)2/h11-18,23H,4-10H2,1-3H3. The molecule has 6 saturated carbocycles. The van der Waals surface area contributed by atoms with E-state index in [0.717, 1.165) is 48.9 Å². The molecule has 1 N–H and O–H groups in total. The fraction of sp³-hybridized carbons (Fsp3) is 0.955. The van der Waals surface area contributed by atoms with Crippen LogP contribution in [0.5, 0.6) is 0 Å². The van der Waals surface area contributed by atoms with Gasteiger partial charge in [-0.1, -0.05) is 20.8 Å². The smallest absolute Gasteiger partial charge is 0.142 e. The van der Waals surface area contributed by atoms with Crippen molar-refractivity contribution in [1.29, 1.82) is 0 Å². The van der Waals surface area contributed by atoms with E-state index in [1.807, 2.05) is 0 Å². The van der Waals surface area contributed by atoms with Crippen LogP contribution in [0.2, 0.25) is 0 Å². The average molecular weight is 328 g/mol. The van der Waals surface area contributed by atoms with E-state index in [9.17, 15) is 9.90 Å². The van der Waals surface area contributed by atoms with Crippen molar-refractivity contribution < 1.29 is 9.90 Å². The Kier molecular flexibility index (Phi) is 2.44. The summed E-state index contributed by atoms with van der Waals surface area (Å²) in [6.45, 7) is 7.43. The number of carbonyl (C=O) groups is 1. The Morgan fingerprint density at radius 1 is 0.958 bits per heavy atom. The van der Waals surface area contributed by atoms with Crippen LogP contribution in [0.4, 0.5) is 0 Å². The predicted octanol–water partition coefficient (Wildman–Crippen LogP) is 4.06. The molecule has 0 aromatic heterocycles. The third-order valence-electron chi connectivity index (χ3n) is 10.7. The number of rotatable bonds is 0. The first kappa shape index (κ1) is 14.8. The lowest BCUT2D eigenvalue weighted by molar-refractivity contribution is -0.178. The Labute approximate surface area is 145 Å². The number of carbonyl (C=O) groups excluding carboxylic acids is 1. The van der Waals surface area contributed by atoms with Crippen molar-refractivity contribution in [3.8, 4) is 0 Å². The first-order valence-corrected chi connectivity index (χ1v) is 10.5. The van der Waals surface area contributed by atoms with Gasteiger partial charge in [-0.15, -0.1) is 0 Å². The van der Waals surface area contributed by atoms with Crippen molar-refractivity contribution in [3.63, 3.8) is 0 Å². The summed E-state index contributed by atoms with van der Waals surface area (Å²) < 4.78 is 0. The lowest BCUT2D eigenvalue weighted by Crippen LogP contribution is -2.60. The molecule has 0 aromatic rings. The van der Waals surface area contributed by atoms with Crippen LogP contribution in [0.25, 0.3) is 0 Å². The third-order valence-corrected chi connectivity index (χ3v) is 10.7. The molecule has 0 aromatic carbocycles. The molecule has 24 heavy (non-hydrogen) atoms. The second-order valence-electron chi connectivity index (χ2n) is 11.3. The monoisotopic (exact) mass is 328 g/mol. The number of fused-ring (bicyclic) bond motifs is 10. The minimum absolute atomic E-state index is 0.0279. The number of Topliss-reactive ketones (excluding diaryl/α,β-unsaturated/α-hetero) is 1. The molecule has 11 unspecified atom stereocenters. The van der Waals surface area contributed by atoms with Crippen molar-refractivity contribution in [3.05, 3.63) is 0 Å². The molecule has 0 bridgehead atoms. The van der Waals surface area contributed by atoms with E-state index in [-0.39, 0.29) is 11.5 Å². The number of aliphatic hydroxyl groups is 1. The van der Waals surface area contributed by atoms with Gasteiger partial charge in [0.25, 0.3) is 0 Å². The van der Waals surface area contributed by atoms with Gasteiger partial charge in [0.05, 0.1) is 6.10 Å². The van der Waals surface area contributed by atoms with Gasteiger partial charge in [-0.2, -0.15) is 0 Å². The van der Waals surface area contributed by atoms with Crippen LogP contribution in [0.1, 0.15) is 65.7 Å². The largest absolute Gasteiger partial charge is 0.393 e. The second kappa shape index (κ2) is 3.97. The third kappa shape index (κ3) is 1.38. The first-order chi connectivity index (χ1) is 11.3. The normalized spacial score (nSPS) is 69.1. The summed E-state index contributed by atoms with van der Waals surface area (Å²) in [6.07, 6.45) is 8.19. The summed E-state index contributed by atoms with van der Waals surface area (Å²) in [5.74, 6) is 5.88. The van der Waals surface area contributed by atoms with Gasteiger partial charge < -0.3 is 5.11 Å². The molecule has 6 aliphatic carbocycles. The lowest BCUT2D eigenvalue weighted by Gasteiger charge is -2.64. The highest BCUT2D eigenvalue weighted by atomic mass is 16.3. The fourth-order valence-corrected chi connectivity index (χ4v) is 9.31. The van der Waals surface area contributed by atoms with Crippen molar-refractivity contribution in [2.24, 2.45) is 57.7 Å². The van der Waals surface area contributed by atoms with Gasteiger partial charge >= 0.3 is 0 Å². The van der Waals surface area contributed by atoms with E-state index in [1.165, 1.54) is 25.7 Å². The molecule has 11 atom stereocenters. The molecular formula is C22H32O2. The van der Waals surface area contributed by atoms with E-state index in [0.29, 0.717) is 28.4 Å². The van der Waals surface area contributed by atoms with E-state index in [4.69, 9.17) is 0 Å². The zero-order valence-corrected chi connectivity index (χ0v) is 15.4. The fourth-order valence-electron chi connectivity index (χ4n) is 9.31. The predicted molar refractivity (Wildman–Crippen MR) is 92.1 cm³/mol. The molecule has 0 saturated heterocycles. The molecule has 0 aliphatic heterocycles. The summed E-state index contributed by atoms with van der Waals surface area (Å²) in [5.41, 5.74) is 0.766. The molecule has 6 fully saturated rings. The number of hydrogen-bond donors (Lipinski definition) is 1. The first-order valence-electron chi connectivity index (χ1n) is 10.5. The Bertz CT molecular complexity index is 642.